The third-order valence-electron chi connectivity index (χ3n) is 2.53. The molecule has 0 radical (unpaired) electrons. The number of alkyl halides is 2. The van der Waals surface area contributed by atoms with Gasteiger partial charge >= 0.3 is 6.55 Å². The lowest BCUT2D eigenvalue weighted by Crippen LogP contribution is -2.14. The van der Waals surface area contributed by atoms with Crippen molar-refractivity contribution in [3.8, 4) is 11.4 Å². The Labute approximate surface area is 102 Å². The van der Waals surface area contributed by atoms with Crippen molar-refractivity contribution in [2.75, 3.05) is 6.61 Å². The van der Waals surface area contributed by atoms with Gasteiger partial charge in [0.15, 0.2) is 5.82 Å². The fourth-order valence-electron chi connectivity index (χ4n) is 1.61. The van der Waals surface area contributed by atoms with Crippen molar-refractivity contribution in [3.05, 3.63) is 36.2 Å². The van der Waals surface area contributed by atoms with E-state index >= 15 is 0 Å². The van der Waals surface area contributed by atoms with Crippen LogP contribution in [0.4, 0.5) is 8.78 Å². The third kappa shape index (κ3) is 2.36. The molecule has 3 N–H and O–H groups in total. The molecule has 0 fully saturated rings. The van der Waals surface area contributed by atoms with Gasteiger partial charge in [0.1, 0.15) is 6.33 Å². The zero-order valence-corrected chi connectivity index (χ0v) is 9.37. The van der Waals surface area contributed by atoms with E-state index in [-0.39, 0.29) is 12.4 Å². The number of aliphatic hydroxyl groups excluding tert-OH is 1. The maximum atomic E-state index is 12.7. The molecule has 5 nitrogen and oxygen atoms in total. The number of halogens is 2. The second-order valence-corrected chi connectivity index (χ2v) is 3.72. The van der Waals surface area contributed by atoms with Crippen LogP contribution in [0.1, 0.15) is 18.2 Å². The molecule has 0 unspecified atom stereocenters. The molecule has 0 aliphatic rings. The van der Waals surface area contributed by atoms with Gasteiger partial charge < -0.3 is 10.8 Å². The summed E-state index contributed by atoms with van der Waals surface area (Å²) in [5, 5.41) is 12.4. The molecule has 0 aliphatic carbocycles. The van der Waals surface area contributed by atoms with E-state index in [1.54, 1.807) is 24.3 Å². The molecule has 1 aromatic carbocycles. The van der Waals surface area contributed by atoms with Crippen molar-refractivity contribution in [2.45, 2.75) is 12.6 Å². The molecule has 2 aromatic rings. The van der Waals surface area contributed by atoms with Crippen LogP contribution >= 0.6 is 0 Å². The predicted molar refractivity (Wildman–Crippen MR) is 60.7 cm³/mol. The van der Waals surface area contributed by atoms with E-state index in [0.29, 0.717) is 15.8 Å². The minimum atomic E-state index is -2.75. The van der Waals surface area contributed by atoms with Crippen LogP contribution in [0, 0.1) is 0 Å². The van der Waals surface area contributed by atoms with Crippen LogP contribution in [0.25, 0.3) is 11.4 Å². The highest BCUT2D eigenvalue weighted by Crippen LogP contribution is 2.23. The highest BCUT2D eigenvalue weighted by molar-refractivity contribution is 5.56. The van der Waals surface area contributed by atoms with Crippen LogP contribution in [0.5, 0.6) is 0 Å². The first kappa shape index (κ1) is 12.6. The largest absolute Gasteiger partial charge is 0.394 e. The molecule has 0 saturated carbocycles. The van der Waals surface area contributed by atoms with Gasteiger partial charge in [-0.25, -0.2) is 4.98 Å². The highest BCUT2D eigenvalue weighted by atomic mass is 19.3. The summed E-state index contributed by atoms with van der Waals surface area (Å²) in [6.45, 7) is -2.97. The average Bonchev–Trinajstić information content (AvgIpc) is 2.87. The lowest BCUT2D eigenvalue weighted by atomic mass is 10.0. The Morgan fingerprint density at radius 2 is 2.17 bits per heavy atom. The van der Waals surface area contributed by atoms with E-state index in [4.69, 9.17) is 10.8 Å². The number of nitrogens with two attached hydrogens (primary N) is 1. The summed E-state index contributed by atoms with van der Waals surface area (Å²) in [5.41, 5.74) is 6.81. The molecule has 0 bridgehead atoms. The first-order chi connectivity index (χ1) is 8.63. The Bertz CT molecular complexity index is 529. The zero-order valence-electron chi connectivity index (χ0n) is 9.37. The molecular weight excluding hydrogens is 242 g/mol. The van der Waals surface area contributed by atoms with E-state index in [1.807, 2.05) is 0 Å². The number of hydrogen-bond acceptors (Lipinski definition) is 4. The summed E-state index contributed by atoms with van der Waals surface area (Å²) in [5.74, 6) is 0.0667. The number of aliphatic hydroxyl groups is 1. The lowest BCUT2D eigenvalue weighted by molar-refractivity contribution is 0.0582. The minimum absolute atomic E-state index is 0.0667. The molecule has 0 saturated heterocycles. The fourth-order valence-corrected chi connectivity index (χ4v) is 1.61. The monoisotopic (exact) mass is 254 g/mol. The number of benzene rings is 1. The van der Waals surface area contributed by atoms with Gasteiger partial charge in [-0.2, -0.15) is 18.6 Å². The van der Waals surface area contributed by atoms with Crippen LogP contribution in [-0.2, 0) is 0 Å². The Kier molecular flexibility index (Phi) is 3.63. The Hall–Kier alpha value is -1.86. The molecular formula is C11H12F2N4O. The van der Waals surface area contributed by atoms with Gasteiger partial charge in [-0.05, 0) is 11.6 Å². The molecule has 1 atom stereocenters. The summed E-state index contributed by atoms with van der Waals surface area (Å²) < 4.78 is 25.9. The van der Waals surface area contributed by atoms with Crippen LogP contribution < -0.4 is 5.73 Å². The van der Waals surface area contributed by atoms with E-state index in [2.05, 4.69) is 10.1 Å². The summed E-state index contributed by atoms with van der Waals surface area (Å²) in [4.78, 5) is 3.80. The van der Waals surface area contributed by atoms with Gasteiger partial charge in [0.2, 0.25) is 0 Å². The van der Waals surface area contributed by atoms with Gasteiger partial charge in [0.25, 0.3) is 0 Å². The highest BCUT2D eigenvalue weighted by Gasteiger charge is 2.15. The number of nitrogens with zero attached hydrogens (tertiary/aromatic N) is 3. The summed E-state index contributed by atoms with van der Waals surface area (Å²) in [6, 6.07) is 6.09. The Morgan fingerprint density at radius 1 is 1.39 bits per heavy atom. The SMILES string of the molecule is N[C@H](CO)c1cccc(-c2ncnn2C(F)F)c1. The van der Waals surface area contributed by atoms with Crippen molar-refractivity contribution in [2.24, 2.45) is 5.73 Å². The number of hydrogen-bond donors (Lipinski definition) is 2. The average molecular weight is 254 g/mol. The third-order valence-corrected chi connectivity index (χ3v) is 2.53. The normalized spacial score (nSPS) is 12.9. The van der Waals surface area contributed by atoms with Crippen molar-refractivity contribution in [1.82, 2.24) is 14.8 Å². The van der Waals surface area contributed by atoms with Gasteiger partial charge in [0, 0.05) is 5.56 Å². The van der Waals surface area contributed by atoms with Crippen LogP contribution in [0.15, 0.2) is 30.6 Å². The molecule has 18 heavy (non-hydrogen) atoms. The maximum Gasteiger partial charge on any atom is 0.335 e. The number of rotatable bonds is 4. The molecule has 0 amide bonds. The molecule has 0 aliphatic heterocycles. The van der Waals surface area contributed by atoms with E-state index < -0.39 is 12.6 Å². The first-order valence-corrected chi connectivity index (χ1v) is 5.28. The maximum absolute atomic E-state index is 12.7. The van der Waals surface area contributed by atoms with E-state index in [1.165, 1.54) is 0 Å². The predicted octanol–water partition coefficient (Wildman–Crippen LogP) is 1.33. The van der Waals surface area contributed by atoms with E-state index in [0.717, 1.165) is 6.33 Å². The van der Waals surface area contributed by atoms with Crippen molar-refractivity contribution >= 4 is 0 Å². The quantitative estimate of drug-likeness (QED) is 0.863. The Balaban J connectivity index is 2.42. The molecule has 1 heterocycles. The molecule has 7 heteroatoms. The van der Waals surface area contributed by atoms with Crippen LogP contribution in [-0.4, -0.2) is 26.5 Å². The van der Waals surface area contributed by atoms with Crippen molar-refractivity contribution in [1.29, 1.82) is 0 Å². The summed E-state index contributed by atoms with van der Waals surface area (Å²) in [6.07, 6.45) is 1.07. The van der Waals surface area contributed by atoms with Crippen molar-refractivity contribution < 1.29 is 13.9 Å². The fraction of sp³-hybridized carbons (Fsp3) is 0.273. The Morgan fingerprint density at radius 3 is 2.83 bits per heavy atom. The minimum Gasteiger partial charge on any atom is -0.394 e. The molecule has 2 rings (SSSR count). The topological polar surface area (TPSA) is 77.0 Å². The number of aromatic nitrogens is 3. The van der Waals surface area contributed by atoms with Crippen LogP contribution in [0.2, 0.25) is 0 Å². The molecule has 0 spiro atoms. The zero-order chi connectivity index (χ0) is 13.1. The summed E-state index contributed by atoms with van der Waals surface area (Å²) in [7, 11) is 0. The standard InChI is InChI=1S/C11H12F2N4O/c12-11(13)17-10(15-6-16-17)8-3-1-2-7(4-8)9(14)5-18/h1-4,6,9,11,18H,5,14H2/t9-/m1/s1. The van der Waals surface area contributed by atoms with E-state index in [9.17, 15) is 8.78 Å². The van der Waals surface area contributed by atoms with Gasteiger partial charge in [-0.15, -0.1) is 0 Å². The second-order valence-electron chi connectivity index (χ2n) is 3.72. The second kappa shape index (κ2) is 5.19. The first-order valence-electron chi connectivity index (χ1n) is 5.28. The van der Waals surface area contributed by atoms with Gasteiger partial charge in [-0.3, -0.25) is 0 Å². The van der Waals surface area contributed by atoms with Crippen LogP contribution in [0.3, 0.4) is 0 Å². The molecule has 1 aromatic heterocycles. The summed E-state index contributed by atoms with van der Waals surface area (Å²) >= 11 is 0. The van der Waals surface area contributed by atoms with Gasteiger partial charge in [0.05, 0.1) is 12.6 Å². The molecule has 96 valence electrons. The van der Waals surface area contributed by atoms with Gasteiger partial charge in [-0.1, -0.05) is 18.2 Å². The lowest BCUT2D eigenvalue weighted by Gasteiger charge is -2.10. The smallest absolute Gasteiger partial charge is 0.335 e. The van der Waals surface area contributed by atoms with Crippen molar-refractivity contribution in [3.63, 3.8) is 0 Å².